The van der Waals surface area contributed by atoms with Crippen LogP contribution in [-0.2, 0) is 9.59 Å². The summed E-state index contributed by atoms with van der Waals surface area (Å²) in [7, 11) is 3.07. The molecule has 4 rings (SSSR count). The molecule has 0 aliphatic carbocycles. The molecule has 31 heavy (non-hydrogen) atoms. The van der Waals surface area contributed by atoms with Gasteiger partial charge in [-0.15, -0.1) is 0 Å². The monoisotopic (exact) mass is 434 g/mol. The van der Waals surface area contributed by atoms with Gasteiger partial charge >= 0.3 is 0 Å². The first-order valence-electron chi connectivity index (χ1n) is 9.47. The van der Waals surface area contributed by atoms with Gasteiger partial charge in [-0.2, -0.15) is 0 Å². The number of methoxy groups -OCH3 is 2. The normalized spacial score (nSPS) is 13.6. The van der Waals surface area contributed by atoms with E-state index >= 15 is 0 Å². The second-order valence-electron chi connectivity index (χ2n) is 6.70. The highest BCUT2D eigenvalue weighted by molar-refractivity contribution is 6.48. The van der Waals surface area contributed by atoms with Crippen LogP contribution >= 0.6 is 11.6 Å². The number of anilines is 2. The highest BCUT2D eigenvalue weighted by Gasteiger charge is 2.42. The predicted molar refractivity (Wildman–Crippen MR) is 120 cm³/mol. The lowest BCUT2D eigenvalue weighted by Crippen LogP contribution is -2.32. The molecule has 3 aromatic carbocycles. The lowest BCUT2D eigenvalue weighted by atomic mass is 10.0. The number of ether oxygens (including phenoxy) is 2. The number of halogens is 1. The minimum Gasteiger partial charge on any atom is -0.497 e. The van der Waals surface area contributed by atoms with E-state index in [0.29, 0.717) is 33.5 Å². The molecule has 1 N–H and O–H groups in total. The quantitative estimate of drug-likeness (QED) is 0.567. The van der Waals surface area contributed by atoms with E-state index in [1.165, 1.54) is 7.11 Å². The molecule has 6 nitrogen and oxygen atoms in total. The van der Waals surface area contributed by atoms with Crippen molar-refractivity contribution in [3.8, 4) is 11.5 Å². The first-order valence-corrected chi connectivity index (χ1v) is 9.85. The van der Waals surface area contributed by atoms with Crippen molar-refractivity contribution >= 4 is 40.4 Å². The van der Waals surface area contributed by atoms with Gasteiger partial charge in [0, 0.05) is 17.3 Å². The van der Waals surface area contributed by atoms with E-state index in [0.717, 1.165) is 4.90 Å². The van der Waals surface area contributed by atoms with Crippen LogP contribution in [0, 0.1) is 0 Å². The molecule has 2 amide bonds. The third-order valence-corrected chi connectivity index (χ3v) is 5.21. The molecule has 1 aliphatic heterocycles. The van der Waals surface area contributed by atoms with E-state index in [4.69, 9.17) is 21.1 Å². The summed E-state index contributed by atoms with van der Waals surface area (Å²) in [6.07, 6.45) is 0. The van der Waals surface area contributed by atoms with Gasteiger partial charge in [0.25, 0.3) is 11.8 Å². The molecule has 0 fully saturated rings. The zero-order valence-corrected chi connectivity index (χ0v) is 17.6. The topological polar surface area (TPSA) is 67.9 Å². The van der Waals surface area contributed by atoms with Crippen LogP contribution in [0.3, 0.4) is 0 Å². The molecule has 0 radical (unpaired) electrons. The first kappa shape index (κ1) is 20.5. The molecular formula is C24H19ClN2O4. The molecule has 3 aromatic rings. The van der Waals surface area contributed by atoms with Crippen LogP contribution in [0.5, 0.6) is 11.5 Å². The minimum absolute atomic E-state index is 0.127. The molecule has 0 spiro atoms. The largest absolute Gasteiger partial charge is 0.497 e. The number of hydrogen-bond donors (Lipinski definition) is 1. The number of nitrogens with zero attached hydrogens (tertiary/aromatic N) is 1. The van der Waals surface area contributed by atoms with Crippen molar-refractivity contribution in [2.45, 2.75) is 0 Å². The van der Waals surface area contributed by atoms with Crippen molar-refractivity contribution in [2.24, 2.45) is 0 Å². The fourth-order valence-electron chi connectivity index (χ4n) is 3.44. The Hall–Kier alpha value is -3.77. The standard InChI is InChI=1S/C24H19ClN2O4/c1-30-16-9-7-8-15(14-16)26-22-21(17-10-3-6-13-20(17)31-2)23(28)27(24(22)29)19-12-5-4-11-18(19)25/h3-14,26H,1-2H3. The van der Waals surface area contributed by atoms with E-state index < -0.39 is 11.8 Å². The summed E-state index contributed by atoms with van der Waals surface area (Å²) in [5.41, 5.74) is 1.74. The Morgan fingerprint density at radius 2 is 1.58 bits per heavy atom. The number of imide groups is 1. The van der Waals surface area contributed by atoms with Crippen molar-refractivity contribution < 1.29 is 19.1 Å². The summed E-state index contributed by atoms with van der Waals surface area (Å²) in [6.45, 7) is 0. The summed E-state index contributed by atoms with van der Waals surface area (Å²) >= 11 is 6.31. The summed E-state index contributed by atoms with van der Waals surface area (Å²) in [5.74, 6) is 0.0867. The predicted octanol–water partition coefficient (Wildman–Crippen LogP) is 4.75. The Balaban J connectivity index is 1.88. The van der Waals surface area contributed by atoms with E-state index in [1.807, 2.05) is 0 Å². The molecule has 0 aromatic heterocycles. The Kier molecular flexibility index (Phi) is 5.64. The summed E-state index contributed by atoms with van der Waals surface area (Å²) in [6, 6.07) is 20.9. The van der Waals surface area contributed by atoms with E-state index in [1.54, 1.807) is 79.9 Å². The number of amides is 2. The highest BCUT2D eigenvalue weighted by atomic mass is 35.5. The minimum atomic E-state index is -0.512. The van der Waals surface area contributed by atoms with Crippen LogP contribution in [0.2, 0.25) is 5.02 Å². The van der Waals surface area contributed by atoms with Gasteiger partial charge in [-0.3, -0.25) is 9.59 Å². The summed E-state index contributed by atoms with van der Waals surface area (Å²) in [5, 5.41) is 3.40. The molecule has 0 bridgehead atoms. The average molecular weight is 435 g/mol. The number of rotatable bonds is 6. The number of para-hydroxylation sites is 2. The number of carbonyl (C=O) groups excluding carboxylic acids is 2. The third kappa shape index (κ3) is 3.73. The van der Waals surface area contributed by atoms with Crippen LogP contribution in [0.25, 0.3) is 5.57 Å². The van der Waals surface area contributed by atoms with Crippen molar-refractivity contribution in [3.63, 3.8) is 0 Å². The lowest BCUT2D eigenvalue weighted by Gasteiger charge is -2.17. The number of carbonyl (C=O) groups is 2. The van der Waals surface area contributed by atoms with Gasteiger partial charge in [0.1, 0.15) is 17.2 Å². The maximum absolute atomic E-state index is 13.5. The molecule has 7 heteroatoms. The van der Waals surface area contributed by atoms with Crippen molar-refractivity contribution in [1.82, 2.24) is 0 Å². The van der Waals surface area contributed by atoms with Gasteiger partial charge in [0.05, 0.1) is 30.5 Å². The number of benzene rings is 3. The second kappa shape index (κ2) is 8.53. The fraction of sp³-hybridized carbons (Fsp3) is 0.0833. The molecule has 1 heterocycles. The van der Waals surface area contributed by atoms with Crippen molar-refractivity contribution in [3.05, 3.63) is 89.1 Å². The van der Waals surface area contributed by atoms with E-state index in [-0.39, 0.29) is 11.3 Å². The van der Waals surface area contributed by atoms with Crippen molar-refractivity contribution in [1.29, 1.82) is 0 Å². The lowest BCUT2D eigenvalue weighted by molar-refractivity contribution is -0.120. The third-order valence-electron chi connectivity index (χ3n) is 4.89. The Labute approximate surface area is 184 Å². The van der Waals surface area contributed by atoms with E-state index in [9.17, 15) is 9.59 Å². The molecule has 0 saturated heterocycles. The van der Waals surface area contributed by atoms with Crippen LogP contribution in [0.15, 0.2) is 78.5 Å². The van der Waals surface area contributed by atoms with Crippen molar-refractivity contribution in [2.75, 3.05) is 24.4 Å². The van der Waals surface area contributed by atoms with Gasteiger partial charge in [-0.1, -0.05) is 48.0 Å². The molecule has 0 saturated carbocycles. The van der Waals surface area contributed by atoms with Crippen LogP contribution < -0.4 is 19.7 Å². The number of nitrogens with one attached hydrogen (secondary N) is 1. The first-order chi connectivity index (χ1) is 15.0. The van der Waals surface area contributed by atoms with Crippen LogP contribution in [0.1, 0.15) is 5.56 Å². The Morgan fingerprint density at radius 3 is 2.32 bits per heavy atom. The van der Waals surface area contributed by atoms with Crippen LogP contribution in [0.4, 0.5) is 11.4 Å². The zero-order chi connectivity index (χ0) is 22.0. The Bertz CT molecular complexity index is 1210. The van der Waals surface area contributed by atoms with Gasteiger partial charge in [0.15, 0.2) is 0 Å². The van der Waals surface area contributed by atoms with Gasteiger partial charge in [-0.05, 0) is 30.3 Å². The molecular weight excluding hydrogens is 416 g/mol. The number of hydrogen-bond acceptors (Lipinski definition) is 5. The SMILES string of the molecule is COc1cccc(NC2=C(c3ccccc3OC)C(=O)N(c3ccccc3Cl)C2=O)c1. The average Bonchev–Trinajstić information content (AvgIpc) is 3.03. The van der Waals surface area contributed by atoms with Gasteiger partial charge < -0.3 is 14.8 Å². The Morgan fingerprint density at radius 1 is 0.839 bits per heavy atom. The molecule has 0 atom stereocenters. The van der Waals surface area contributed by atoms with Crippen LogP contribution in [-0.4, -0.2) is 26.0 Å². The smallest absolute Gasteiger partial charge is 0.282 e. The van der Waals surface area contributed by atoms with E-state index in [2.05, 4.69) is 5.32 Å². The fourth-order valence-corrected chi connectivity index (χ4v) is 3.66. The zero-order valence-electron chi connectivity index (χ0n) is 16.9. The second-order valence-corrected chi connectivity index (χ2v) is 7.11. The highest BCUT2D eigenvalue weighted by Crippen LogP contribution is 2.39. The van der Waals surface area contributed by atoms with Gasteiger partial charge in [0.2, 0.25) is 0 Å². The maximum atomic E-state index is 13.5. The van der Waals surface area contributed by atoms with Gasteiger partial charge in [-0.25, -0.2) is 4.90 Å². The maximum Gasteiger partial charge on any atom is 0.282 e. The summed E-state index contributed by atoms with van der Waals surface area (Å²) in [4.78, 5) is 28.1. The molecule has 1 aliphatic rings. The summed E-state index contributed by atoms with van der Waals surface area (Å²) < 4.78 is 10.7. The molecule has 156 valence electrons. The molecule has 0 unspecified atom stereocenters.